The number of ether oxygens (including phenoxy) is 2. The summed E-state index contributed by atoms with van der Waals surface area (Å²) in [6.07, 6.45) is 7.17. The number of hydrogen-bond acceptors (Lipinski definition) is 8. The number of hydrogen-bond donors (Lipinski definition) is 4. The normalized spacial score (nSPS) is 16.9. The van der Waals surface area contributed by atoms with E-state index in [1.165, 1.54) is 0 Å². The van der Waals surface area contributed by atoms with E-state index >= 15 is 0 Å². The van der Waals surface area contributed by atoms with Crippen LogP contribution >= 0.6 is 0 Å². The first-order valence-electron chi connectivity index (χ1n) is 14.4. The van der Waals surface area contributed by atoms with E-state index in [0.29, 0.717) is 29.4 Å². The highest BCUT2D eigenvalue weighted by atomic mass is 16.6. The number of aryl methyl sites for hydroxylation is 2. The second-order valence-electron chi connectivity index (χ2n) is 11.9. The smallest absolute Gasteiger partial charge is 0.407 e. The maximum atomic E-state index is 12.3. The van der Waals surface area contributed by atoms with E-state index in [2.05, 4.69) is 26.8 Å². The summed E-state index contributed by atoms with van der Waals surface area (Å²) in [5.41, 5.74) is 12.9. The van der Waals surface area contributed by atoms with Crippen LogP contribution in [0.3, 0.4) is 0 Å². The number of nitrogens with two attached hydrogens (primary N) is 1. The highest BCUT2D eigenvalue weighted by molar-refractivity contribution is 6.06. The van der Waals surface area contributed by atoms with E-state index in [0.717, 1.165) is 46.3 Å². The molecule has 1 fully saturated rings. The summed E-state index contributed by atoms with van der Waals surface area (Å²) in [5, 5.41) is 21.2. The van der Waals surface area contributed by atoms with Crippen LogP contribution in [0.5, 0.6) is 11.6 Å². The Kier molecular flexibility index (Phi) is 8.16. The number of amides is 1. The summed E-state index contributed by atoms with van der Waals surface area (Å²) in [7, 11) is 1.60. The number of fused-ring (bicyclic) bond motifs is 1. The molecular formula is C32H39N7O4. The number of carbonyl (C=O) groups excluding carboxylic acids is 1. The molecule has 1 aliphatic rings. The first-order valence-corrected chi connectivity index (χ1v) is 14.4. The van der Waals surface area contributed by atoms with Gasteiger partial charge in [-0.3, -0.25) is 0 Å². The summed E-state index contributed by atoms with van der Waals surface area (Å²) in [4.78, 5) is 21.4. The van der Waals surface area contributed by atoms with Gasteiger partial charge in [0, 0.05) is 41.7 Å². The van der Waals surface area contributed by atoms with Crippen LogP contribution in [0.25, 0.3) is 16.6 Å². The summed E-state index contributed by atoms with van der Waals surface area (Å²) in [5.74, 6) is 1.03. The molecular weight excluding hydrogens is 546 g/mol. The summed E-state index contributed by atoms with van der Waals surface area (Å²) in [6.45, 7) is 9.55. The fourth-order valence-electron chi connectivity index (χ4n) is 5.18. The van der Waals surface area contributed by atoms with Gasteiger partial charge >= 0.3 is 6.09 Å². The third kappa shape index (κ3) is 6.66. The monoisotopic (exact) mass is 585 g/mol. The lowest BCUT2D eigenvalue weighted by atomic mass is 9.86. The van der Waals surface area contributed by atoms with Gasteiger partial charge < -0.3 is 30.9 Å². The van der Waals surface area contributed by atoms with Crippen LogP contribution in [0.2, 0.25) is 0 Å². The molecule has 1 amide bonds. The Morgan fingerprint density at radius 1 is 1.19 bits per heavy atom. The van der Waals surface area contributed by atoms with Gasteiger partial charge in [0.1, 0.15) is 17.2 Å². The largest absolute Gasteiger partial charge is 0.508 e. The average molecular weight is 586 g/mol. The molecule has 5 N–H and O–H groups in total. The number of rotatable bonds is 8. The van der Waals surface area contributed by atoms with Crippen LogP contribution < -0.4 is 21.1 Å². The minimum Gasteiger partial charge on any atom is -0.508 e. The lowest BCUT2D eigenvalue weighted by molar-refractivity contribution is 0.0475. The van der Waals surface area contributed by atoms with Crippen LogP contribution in [-0.2, 0) is 11.2 Å². The summed E-state index contributed by atoms with van der Waals surface area (Å²) < 4.78 is 12.5. The molecule has 1 aromatic carbocycles. The number of amidine groups is 1. The van der Waals surface area contributed by atoms with Crippen molar-refractivity contribution < 1.29 is 19.4 Å². The molecule has 0 radical (unpaired) electrons. The van der Waals surface area contributed by atoms with E-state index in [-0.39, 0.29) is 17.8 Å². The van der Waals surface area contributed by atoms with Gasteiger partial charge in [-0.25, -0.2) is 19.3 Å². The van der Waals surface area contributed by atoms with Gasteiger partial charge in [-0.1, -0.05) is 6.92 Å². The highest BCUT2D eigenvalue weighted by Crippen LogP contribution is 2.34. The van der Waals surface area contributed by atoms with Gasteiger partial charge in [-0.2, -0.15) is 5.10 Å². The Hall–Kier alpha value is -4.80. The Balaban J connectivity index is 1.49. The molecule has 1 aliphatic carbocycles. The molecule has 0 aliphatic heterocycles. The first kappa shape index (κ1) is 29.7. The SMILES string of the molecule is CCc1cc(O)ccc1N=C(N)c1cnn2cc(-c3cnc(OC)cc3C)cc2c1N[C@H]1C[C@H](NC(=O)OC(C)(C)C)C1. The van der Waals surface area contributed by atoms with Gasteiger partial charge in [-0.05, 0) is 82.3 Å². The molecule has 1 saturated carbocycles. The maximum absolute atomic E-state index is 12.3. The minimum atomic E-state index is -0.556. The number of phenols is 1. The molecule has 5 rings (SSSR count). The highest BCUT2D eigenvalue weighted by Gasteiger charge is 2.33. The molecule has 0 saturated heterocycles. The number of alkyl carbamates (subject to hydrolysis) is 1. The average Bonchev–Trinajstić information content (AvgIpc) is 3.36. The quantitative estimate of drug-likeness (QED) is 0.157. The zero-order valence-corrected chi connectivity index (χ0v) is 25.4. The molecule has 11 nitrogen and oxygen atoms in total. The molecule has 3 aromatic heterocycles. The van der Waals surface area contributed by atoms with Gasteiger partial charge in [-0.15, -0.1) is 0 Å². The predicted octanol–water partition coefficient (Wildman–Crippen LogP) is 5.49. The van der Waals surface area contributed by atoms with Gasteiger partial charge in [0.2, 0.25) is 5.88 Å². The number of carbonyl (C=O) groups is 1. The van der Waals surface area contributed by atoms with E-state index in [4.69, 9.17) is 20.2 Å². The molecule has 226 valence electrons. The van der Waals surface area contributed by atoms with Crippen molar-refractivity contribution >= 4 is 28.8 Å². The van der Waals surface area contributed by atoms with Gasteiger partial charge in [0.25, 0.3) is 0 Å². The fraction of sp³-hybridized carbons (Fsp3) is 0.375. The zero-order valence-electron chi connectivity index (χ0n) is 25.4. The number of pyridine rings is 1. The Morgan fingerprint density at radius 2 is 1.95 bits per heavy atom. The Bertz CT molecular complexity index is 1680. The van der Waals surface area contributed by atoms with Crippen molar-refractivity contribution in [1.29, 1.82) is 0 Å². The number of methoxy groups -OCH3 is 1. The Morgan fingerprint density at radius 3 is 2.63 bits per heavy atom. The molecule has 0 bridgehead atoms. The van der Waals surface area contributed by atoms with Crippen molar-refractivity contribution in [2.75, 3.05) is 12.4 Å². The molecule has 4 aromatic rings. The number of nitrogens with zero attached hydrogens (tertiary/aromatic N) is 4. The van der Waals surface area contributed by atoms with Crippen molar-refractivity contribution in [2.45, 2.75) is 71.6 Å². The van der Waals surface area contributed by atoms with E-state index in [1.54, 1.807) is 37.7 Å². The lowest BCUT2D eigenvalue weighted by Crippen LogP contribution is -2.51. The molecule has 0 unspecified atom stereocenters. The lowest BCUT2D eigenvalue weighted by Gasteiger charge is -2.37. The second kappa shape index (κ2) is 11.8. The van der Waals surface area contributed by atoms with Crippen molar-refractivity contribution in [2.24, 2.45) is 10.7 Å². The van der Waals surface area contributed by atoms with Crippen LogP contribution in [0, 0.1) is 6.92 Å². The van der Waals surface area contributed by atoms with Crippen molar-refractivity contribution in [3.8, 4) is 22.8 Å². The zero-order chi connectivity index (χ0) is 30.9. The van der Waals surface area contributed by atoms with Crippen molar-refractivity contribution in [3.63, 3.8) is 0 Å². The van der Waals surface area contributed by atoms with E-state index in [9.17, 15) is 9.90 Å². The van der Waals surface area contributed by atoms with Gasteiger partial charge in [0.05, 0.1) is 35.8 Å². The number of aliphatic imine (C=N–C) groups is 1. The van der Waals surface area contributed by atoms with Crippen LogP contribution in [-0.4, -0.2) is 56.4 Å². The molecule has 3 heterocycles. The molecule has 11 heteroatoms. The van der Waals surface area contributed by atoms with Crippen LogP contribution in [0.1, 0.15) is 57.2 Å². The van der Waals surface area contributed by atoms with E-state index < -0.39 is 11.7 Å². The third-order valence-corrected chi connectivity index (χ3v) is 7.41. The maximum Gasteiger partial charge on any atom is 0.407 e. The molecule has 0 atom stereocenters. The van der Waals surface area contributed by atoms with E-state index in [1.807, 2.05) is 51.4 Å². The summed E-state index contributed by atoms with van der Waals surface area (Å²) >= 11 is 0. The van der Waals surface area contributed by atoms with Gasteiger partial charge in [0.15, 0.2) is 0 Å². The molecule has 0 spiro atoms. The summed E-state index contributed by atoms with van der Waals surface area (Å²) in [6, 6.07) is 9.09. The first-order chi connectivity index (χ1) is 20.4. The third-order valence-electron chi connectivity index (χ3n) is 7.41. The number of anilines is 1. The standard InChI is InChI=1S/C32H39N7O4/c1-7-19-11-23(40)8-9-26(19)38-30(33)25-16-35-39-17-20(24-15-34-28(42-6)10-18(24)2)12-27(39)29(25)36-21-13-22(14-21)37-31(41)43-32(3,4)5/h8-12,15-17,21-22,36,40H,7,13-14H2,1-6H3,(H2,33,38)(H,37,41)/t21-,22-. The number of phenolic OH excluding ortho intramolecular Hbond substituents is 1. The molecule has 43 heavy (non-hydrogen) atoms. The Labute approximate surface area is 251 Å². The topological polar surface area (TPSA) is 148 Å². The van der Waals surface area contributed by atoms with Crippen molar-refractivity contribution in [1.82, 2.24) is 19.9 Å². The predicted molar refractivity (Wildman–Crippen MR) is 167 cm³/mol. The number of aromatic nitrogens is 3. The number of aromatic hydroxyl groups is 1. The number of nitrogens with one attached hydrogen (secondary N) is 2. The minimum absolute atomic E-state index is 0.000787. The van der Waals surface area contributed by atoms with Crippen molar-refractivity contribution in [3.05, 3.63) is 65.6 Å². The fourth-order valence-corrected chi connectivity index (χ4v) is 5.18. The number of benzene rings is 1. The van der Waals surface area contributed by atoms with Crippen LogP contribution in [0.4, 0.5) is 16.2 Å². The van der Waals surface area contributed by atoms with Crippen LogP contribution in [0.15, 0.2) is 53.9 Å². The second-order valence-corrected chi connectivity index (χ2v) is 11.9.